The number of hydrogen-bond acceptors (Lipinski definition) is 3. The van der Waals surface area contributed by atoms with E-state index < -0.39 is 0 Å². The maximum Gasteiger partial charge on any atom is 0.307 e. The third-order valence-electron chi connectivity index (χ3n) is 3.03. The summed E-state index contributed by atoms with van der Waals surface area (Å²) in [7, 11) is 0. The molecule has 4 nitrogen and oxygen atoms in total. The normalized spacial score (nSPS) is 22.7. The van der Waals surface area contributed by atoms with Crippen molar-refractivity contribution in [3.63, 3.8) is 0 Å². The lowest BCUT2D eigenvalue weighted by molar-refractivity contribution is 0.0925. The van der Waals surface area contributed by atoms with Crippen LogP contribution in [-0.2, 0) is 0 Å². The fourth-order valence-electron chi connectivity index (χ4n) is 2.10. The summed E-state index contributed by atoms with van der Waals surface area (Å²) in [6.07, 6.45) is 4.39. The second-order valence-electron chi connectivity index (χ2n) is 4.73. The minimum Gasteiger partial charge on any atom is -0.456 e. The molecule has 1 aromatic heterocycles. The highest BCUT2D eigenvalue weighted by molar-refractivity contribution is 5.93. The highest BCUT2D eigenvalue weighted by atomic mass is 16.3. The van der Waals surface area contributed by atoms with Crippen LogP contribution in [0.25, 0.3) is 0 Å². The molecule has 4 heteroatoms. The maximum atomic E-state index is 11.7. The predicted octanol–water partition coefficient (Wildman–Crippen LogP) is 2.88. The number of nitrogens with one attached hydrogen (secondary N) is 1. The van der Waals surface area contributed by atoms with Gasteiger partial charge in [0.15, 0.2) is 5.76 Å². The van der Waals surface area contributed by atoms with Crippen LogP contribution in [0.1, 0.15) is 48.9 Å². The van der Waals surface area contributed by atoms with Gasteiger partial charge in [0.2, 0.25) is 0 Å². The lowest BCUT2D eigenvalue weighted by Crippen LogP contribution is -2.21. The Morgan fingerprint density at radius 2 is 2.35 bits per heavy atom. The molecule has 0 aromatic carbocycles. The van der Waals surface area contributed by atoms with E-state index in [2.05, 4.69) is 17.5 Å². The molecule has 1 heterocycles. The minimum atomic E-state index is -0.274. The van der Waals surface area contributed by atoms with Crippen LogP contribution in [0.15, 0.2) is 21.7 Å². The van der Waals surface area contributed by atoms with Crippen molar-refractivity contribution in [2.75, 3.05) is 0 Å². The fraction of sp³-hybridized carbons (Fsp3) is 0.538. The van der Waals surface area contributed by atoms with Crippen LogP contribution in [0.3, 0.4) is 0 Å². The summed E-state index contributed by atoms with van der Waals surface area (Å²) >= 11 is 0. The van der Waals surface area contributed by atoms with Gasteiger partial charge in [-0.05, 0) is 50.7 Å². The molecule has 1 atom stereocenters. The minimum absolute atomic E-state index is 0.274. The van der Waals surface area contributed by atoms with Gasteiger partial charge in [0, 0.05) is 5.71 Å². The molecule has 1 N–H and O–H groups in total. The second kappa shape index (κ2) is 5.17. The van der Waals surface area contributed by atoms with E-state index in [1.54, 1.807) is 12.1 Å². The van der Waals surface area contributed by atoms with Crippen LogP contribution < -0.4 is 5.43 Å². The predicted molar refractivity (Wildman–Crippen MR) is 66.0 cm³/mol. The monoisotopic (exact) mass is 234 g/mol. The number of nitrogens with zero attached hydrogens (tertiary/aromatic N) is 1. The van der Waals surface area contributed by atoms with Crippen molar-refractivity contribution in [2.24, 2.45) is 11.0 Å². The molecule has 1 amide bonds. The van der Waals surface area contributed by atoms with Crippen LogP contribution in [-0.4, -0.2) is 11.6 Å². The number of carbonyl (C=O) groups is 1. The fourth-order valence-corrected chi connectivity index (χ4v) is 2.10. The SMILES string of the molecule is Cc1ccc(C(=O)NN=C2CCCC(C)C2)o1. The molecule has 1 aliphatic rings. The summed E-state index contributed by atoms with van der Waals surface area (Å²) in [6, 6.07) is 3.43. The Morgan fingerprint density at radius 1 is 1.53 bits per heavy atom. The zero-order chi connectivity index (χ0) is 12.3. The van der Waals surface area contributed by atoms with Gasteiger partial charge in [-0.15, -0.1) is 0 Å². The standard InChI is InChI=1S/C13H18N2O2/c1-9-4-3-5-11(8-9)14-15-13(16)12-7-6-10(2)17-12/h6-7,9H,3-5,8H2,1-2H3,(H,15,16). The van der Waals surface area contributed by atoms with E-state index in [0.717, 1.165) is 30.7 Å². The molecule has 0 radical (unpaired) electrons. The summed E-state index contributed by atoms with van der Waals surface area (Å²) < 4.78 is 5.22. The molecule has 17 heavy (non-hydrogen) atoms. The number of rotatable bonds is 2. The molecule has 1 saturated carbocycles. The molecule has 1 aliphatic carbocycles. The average Bonchev–Trinajstić information content (AvgIpc) is 2.73. The quantitative estimate of drug-likeness (QED) is 0.800. The molecule has 1 aromatic rings. The van der Waals surface area contributed by atoms with Gasteiger partial charge in [-0.25, -0.2) is 5.43 Å². The Hall–Kier alpha value is -1.58. The van der Waals surface area contributed by atoms with Crippen LogP contribution in [0.5, 0.6) is 0 Å². The van der Waals surface area contributed by atoms with Gasteiger partial charge < -0.3 is 4.42 Å². The summed E-state index contributed by atoms with van der Waals surface area (Å²) in [5, 5.41) is 4.18. The van der Waals surface area contributed by atoms with Crippen LogP contribution in [0.4, 0.5) is 0 Å². The van der Waals surface area contributed by atoms with Gasteiger partial charge in [0.25, 0.3) is 0 Å². The number of hydrogen-bond donors (Lipinski definition) is 1. The number of carbonyl (C=O) groups excluding carboxylic acids is 1. The molecular weight excluding hydrogens is 216 g/mol. The zero-order valence-corrected chi connectivity index (χ0v) is 10.3. The Bertz CT molecular complexity index is 434. The number of furan rings is 1. The largest absolute Gasteiger partial charge is 0.456 e. The summed E-state index contributed by atoms with van der Waals surface area (Å²) in [5.41, 5.74) is 3.64. The Labute approximate surface area is 101 Å². The Kier molecular flexibility index (Phi) is 3.61. The second-order valence-corrected chi connectivity index (χ2v) is 4.73. The van der Waals surface area contributed by atoms with E-state index in [4.69, 9.17) is 4.42 Å². The van der Waals surface area contributed by atoms with E-state index in [1.807, 2.05) is 6.92 Å². The van der Waals surface area contributed by atoms with E-state index in [1.165, 1.54) is 6.42 Å². The molecular formula is C13H18N2O2. The van der Waals surface area contributed by atoms with Gasteiger partial charge >= 0.3 is 5.91 Å². The van der Waals surface area contributed by atoms with E-state index in [9.17, 15) is 4.79 Å². The molecule has 92 valence electrons. The summed E-state index contributed by atoms with van der Waals surface area (Å²) in [6.45, 7) is 4.03. The third-order valence-corrected chi connectivity index (χ3v) is 3.03. The summed E-state index contributed by atoms with van der Waals surface area (Å²) in [4.78, 5) is 11.7. The molecule has 0 saturated heterocycles. The van der Waals surface area contributed by atoms with Crippen molar-refractivity contribution in [2.45, 2.75) is 39.5 Å². The Morgan fingerprint density at radius 3 is 3.00 bits per heavy atom. The van der Waals surface area contributed by atoms with Gasteiger partial charge in [-0.2, -0.15) is 5.10 Å². The van der Waals surface area contributed by atoms with Crippen molar-refractivity contribution in [3.05, 3.63) is 23.7 Å². The van der Waals surface area contributed by atoms with Crippen molar-refractivity contribution in [1.82, 2.24) is 5.43 Å². The first-order valence-corrected chi connectivity index (χ1v) is 6.07. The van der Waals surface area contributed by atoms with Gasteiger partial charge in [0.05, 0.1) is 0 Å². The van der Waals surface area contributed by atoms with Crippen molar-refractivity contribution >= 4 is 11.6 Å². The zero-order valence-electron chi connectivity index (χ0n) is 10.3. The van der Waals surface area contributed by atoms with E-state index >= 15 is 0 Å². The first-order valence-electron chi connectivity index (χ1n) is 6.07. The van der Waals surface area contributed by atoms with Gasteiger partial charge in [-0.3, -0.25) is 4.79 Å². The third kappa shape index (κ3) is 3.19. The number of hydrazone groups is 1. The lowest BCUT2D eigenvalue weighted by atomic mass is 9.89. The van der Waals surface area contributed by atoms with Crippen LogP contribution >= 0.6 is 0 Å². The van der Waals surface area contributed by atoms with Crippen molar-refractivity contribution < 1.29 is 9.21 Å². The first kappa shape index (κ1) is 11.9. The van der Waals surface area contributed by atoms with Crippen LogP contribution in [0.2, 0.25) is 0 Å². The first-order chi connectivity index (χ1) is 8.15. The van der Waals surface area contributed by atoms with Crippen LogP contribution in [0, 0.1) is 12.8 Å². The van der Waals surface area contributed by atoms with Gasteiger partial charge in [-0.1, -0.05) is 6.92 Å². The molecule has 1 fully saturated rings. The molecule has 0 bridgehead atoms. The number of aryl methyl sites for hydroxylation is 1. The maximum absolute atomic E-state index is 11.7. The summed E-state index contributed by atoms with van der Waals surface area (Å²) in [5.74, 6) is 1.44. The molecule has 0 spiro atoms. The lowest BCUT2D eigenvalue weighted by Gasteiger charge is -2.18. The molecule has 1 unspecified atom stereocenters. The highest BCUT2D eigenvalue weighted by Gasteiger charge is 2.15. The van der Waals surface area contributed by atoms with E-state index in [0.29, 0.717) is 11.7 Å². The topological polar surface area (TPSA) is 54.6 Å². The number of amides is 1. The highest BCUT2D eigenvalue weighted by Crippen LogP contribution is 2.20. The van der Waals surface area contributed by atoms with Crippen molar-refractivity contribution in [3.8, 4) is 0 Å². The molecule has 0 aliphatic heterocycles. The van der Waals surface area contributed by atoms with Gasteiger partial charge in [0.1, 0.15) is 5.76 Å². The van der Waals surface area contributed by atoms with Crippen molar-refractivity contribution in [1.29, 1.82) is 0 Å². The smallest absolute Gasteiger partial charge is 0.307 e. The average molecular weight is 234 g/mol. The molecule has 2 rings (SSSR count). The Balaban J connectivity index is 1.93. The van der Waals surface area contributed by atoms with E-state index in [-0.39, 0.29) is 5.91 Å².